The Morgan fingerprint density at radius 3 is 2.95 bits per heavy atom. The third-order valence-electron chi connectivity index (χ3n) is 3.74. The van der Waals surface area contributed by atoms with Gasteiger partial charge in [-0.25, -0.2) is 4.98 Å². The summed E-state index contributed by atoms with van der Waals surface area (Å²) in [7, 11) is 0. The maximum atomic E-state index is 11.5. The predicted molar refractivity (Wildman–Crippen MR) is 74.3 cm³/mol. The molecule has 5 nitrogen and oxygen atoms in total. The summed E-state index contributed by atoms with van der Waals surface area (Å²) >= 11 is 0. The third-order valence-corrected chi connectivity index (χ3v) is 3.74. The van der Waals surface area contributed by atoms with E-state index in [1.807, 2.05) is 6.07 Å². The highest BCUT2D eigenvalue weighted by atomic mass is 16.1. The largest absolute Gasteiger partial charge is 0.368 e. The molecule has 1 aromatic rings. The summed E-state index contributed by atoms with van der Waals surface area (Å²) in [6.45, 7) is 1.66. The zero-order chi connectivity index (χ0) is 13.2. The van der Waals surface area contributed by atoms with E-state index >= 15 is 0 Å². The number of nitrogens with one attached hydrogen (secondary N) is 2. The molecule has 102 valence electrons. The van der Waals surface area contributed by atoms with Crippen LogP contribution in [0.3, 0.4) is 0 Å². The number of carbonyl (C=O) groups excluding carboxylic acids is 1. The van der Waals surface area contributed by atoms with Crippen molar-refractivity contribution in [1.29, 1.82) is 0 Å². The fourth-order valence-electron chi connectivity index (χ4n) is 2.54. The summed E-state index contributed by atoms with van der Waals surface area (Å²) in [6, 6.07) is 2.61. The zero-order valence-corrected chi connectivity index (χ0v) is 11.0. The Kier molecular flexibility index (Phi) is 3.38. The molecule has 2 aliphatic carbocycles. The van der Waals surface area contributed by atoms with Crippen molar-refractivity contribution in [3.05, 3.63) is 22.9 Å². The van der Waals surface area contributed by atoms with Gasteiger partial charge in [-0.15, -0.1) is 0 Å². The molecule has 1 saturated carbocycles. The fourth-order valence-corrected chi connectivity index (χ4v) is 2.54. The lowest BCUT2D eigenvalue weighted by molar-refractivity contribution is 0.100. The molecule has 3 rings (SSSR count). The van der Waals surface area contributed by atoms with Gasteiger partial charge in [0.25, 0.3) is 5.91 Å². The van der Waals surface area contributed by atoms with Crippen LogP contribution >= 0.6 is 0 Å². The predicted octanol–water partition coefficient (Wildman–Crippen LogP) is 0.833. The molecule has 0 unspecified atom stereocenters. The Morgan fingerprint density at radius 2 is 2.21 bits per heavy atom. The molecule has 0 spiro atoms. The van der Waals surface area contributed by atoms with Crippen molar-refractivity contribution in [2.45, 2.75) is 38.1 Å². The van der Waals surface area contributed by atoms with Gasteiger partial charge in [0.2, 0.25) is 0 Å². The SMILES string of the molecule is NC(=O)c1cc2c(nc1NCCNC1CC1)CCC2. The number of fused-ring (bicyclic) bond motifs is 1. The van der Waals surface area contributed by atoms with E-state index in [1.54, 1.807) is 0 Å². The minimum Gasteiger partial charge on any atom is -0.368 e. The Bertz CT molecular complexity index is 496. The topological polar surface area (TPSA) is 80.0 Å². The van der Waals surface area contributed by atoms with Gasteiger partial charge in [-0.05, 0) is 43.7 Å². The second-order valence-electron chi connectivity index (χ2n) is 5.36. The number of primary amides is 1. The number of aryl methyl sites for hydroxylation is 2. The molecule has 0 aliphatic heterocycles. The first-order chi connectivity index (χ1) is 9.24. The van der Waals surface area contributed by atoms with E-state index < -0.39 is 5.91 Å². The second kappa shape index (κ2) is 5.17. The molecule has 1 amide bonds. The van der Waals surface area contributed by atoms with Crippen LogP contribution in [0.5, 0.6) is 0 Å². The Morgan fingerprint density at radius 1 is 1.37 bits per heavy atom. The van der Waals surface area contributed by atoms with Gasteiger partial charge < -0.3 is 16.4 Å². The molecular formula is C14H20N4O. The van der Waals surface area contributed by atoms with Crippen LogP contribution in [0.1, 0.15) is 40.9 Å². The number of nitrogens with two attached hydrogens (primary N) is 1. The van der Waals surface area contributed by atoms with Crippen molar-refractivity contribution < 1.29 is 4.79 Å². The molecule has 1 heterocycles. The summed E-state index contributed by atoms with van der Waals surface area (Å²) < 4.78 is 0. The summed E-state index contributed by atoms with van der Waals surface area (Å²) in [5.41, 5.74) is 8.25. The number of hydrogen-bond donors (Lipinski definition) is 3. The van der Waals surface area contributed by atoms with Crippen LogP contribution in [0.25, 0.3) is 0 Å². The van der Waals surface area contributed by atoms with Crippen molar-refractivity contribution in [3.63, 3.8) is 0 Å². The molecule has 1 fully saturated rings. The lowest BCUT2D eigenvalue weighted by atomic mass is 10.1. The molecule has 0 aromatic carbocycles. The first kappa shape index (κ1) is 12.4. The lowest BCUT2D eigenvalue weighted by Gasteiger charge is -2.12. The number of carbonyl (C=O) groups is 1. The minimum atomic E-state index is -0.403. The number of nitrogens with zero attached hydrogens (tertiary/aromatic N) is 1. The van der Waals surface area contributed by atoms with Crippen molar-refractivity contribution >= 4 is 11.7 Å². The normalized spacial score (nSPS) is 17.3. The quantitative estimate of drug-likeness (QED) is 0.662. The van der Waals surface area contributed by atoms with Crippen LogP contribution in [0.2, 0.25) is 0 Å². The van der Waals surface area contributed by atoms with Crippen LogP contribution in [0, 0.1) is 0 Å². The van der Waals surface area contributed by atoms with Gasteiger partial charge >= 0.3 is 0 Å². The monoisotopic (exact) mass is 260 g/mol. The standard InChI is InChI=1S/C14H20N4O/c15-13(19)11-8-9-2-1-3-12(9)18-14(11)17-7-6-16-10-4-5-10/h8,10,16H,1-7H2,(H2,15,19)(H,17,18). The van der Waals surface area contributed by atoms with E-state index in [0.29, 0.717) is 17.4 Å². The highest BCUT2D eigenvalue weighted by Gasteiger charge is 2.20. The van der Waals surface area contributed by atoms with Crippen LogP contribution in [0.4, 0.5) is 5.82 Å². The van der Waals surface area contributed by atoms with Gasteiger partial charge in [-0.1, -0.05) is 0 Å². The Hall–Kier alpha value is -1.62. The van der Waals surface area contributed by atoms with E-state index in [4.69, 9.17) is 5.73 Å². The van der Waals surface area contributed by atoms with E-state index in [0.717, 1.165) is 38.0 Å². The molecule has 19 heavy (non-hydrogen) atoms. The Balaban J connectivity index is 1.68. The average molecular weight is 260 g/mol. The van der Waals surface area contributed by atoms with Gasteiger partial charge in [-0.3, -0.25) is 4.79 Å². The van der Waals surface area contributed by atoms with Crippen molar-refractivity contribution in [1.82, 2.24) is 10.3 Å². The zero-order valence-electron chi connectivity index (χ0n) is 11.0. The molecular weight excluding hydrogens is 240 g/mol. The van der Waals surface area contributed by atoms with Gasteiger partial charge in [0.15, 0.2) is 0 Å². The molecule has 1 aromatic heterocycles. The van der Waals surface area contributed by atoms with Gasteiger partial charge in [0.05, 0.1) is 5.56 Å². The lowest BCUT2D eigenvalue weighted by Crippen LogP contribution is -2.25. The van der Waals surface area contributed by atoms with E-state index in [-0.39, 0.29) is 0 Å². The summed E-state index contributed by atoms with van der Waals surface area (Å²) in [4.78, 5) is 16.1. The fraction of sp³-hybridized carbons (Fsp3) is 0.571. The summed E-state index contributed by atoms with van der Waals surface area (Å²) in [5.74, 6) is 0.241. The number of hydrogen-bond acceptors (Lipinski definition) is 4. The number of aromatic nitrogens is 1. The first-order valence-electron chi connectivity index (χ1n) is 7.04. The highest BCUT2D eigenvalue weighted by Crippen LogP contribution is 2.25. The Labute approximate surface area is 113 Å². The van der Waals surface area contributed by atoms with Crippen molar-refractivity contribution in [3.8, 4) is 0 Å². The molecule has 4 N–H and O–H groups in total. The number of amides is 1. The van der Waals surface area contributed by atoms with Gasteiger partial charge in [-0.2, -0.15) is 0 Å². The van der Waals surface area contributed by atoms with E-state index in [2.05, 4.69) is 15.6 Å². The minimum absolute atomic E-state index is 0.403. The summed E-state index contributed by atoms with van der Waals surface area (Å²) in [6.07, 6.45) is 5.69. The average Bonchev–Trinajstić information content (AvgIpc) is 3.10. The van der Waals surface area contributed by atoms with Crippen LogP contribution < -0.4 is 16.4 Å². The van der Waals surface area contributed by atoms with E-state index in [1.165, 1.54) is 18.4 Å². The molecule has 0 saturated heterocycles. The molecule has 0 atom stereocenters. The number of pyridine rings is 1. The smallest absolute Gasteiger partial charge is 0.252 e. The number of anilines is 1. The van der Waals surface area contributed by atoms with Crippen LogP contribution in [-0.2, 0) is 12.8 Å². The van der Waals surface area contributed by atoms with E-state index in [9.17, 15) is 4.79 Å². The first-order valence-corrected chi connectivity index (χ1v) is 7.04. The molecule has 0 bridgehead atoms. The van der Waals surface area contributed by atoms with Crippen molar-refractivity contribution in [2.24, 2.45) is 5.73 Å². The molecule has 0 radical (unpaired) electrons. The second-order valence-corrected chi connectivity index (χ2v) is 5.36. The highest BCUT2D eigenvalue weighted by molar-refractivity contribution is 5.97. The maximum Gasteiger partial charge on any atom is 0.252 e. The van der Waals surface area contributed by atoms with Crippen LogP contribution in [-0.4, -0.2) is 30.0 Å². The van der Waals surface area contributed by atoms with Gasteiger partial charge in [0, 0.05) is 24.8 Å². The van der Waals surface area contributed by atoms with Crippen LogP contribution in [0.15, 0.2) is 6.07 Å². The summed E-state index contributed by atoms with van der Waals surface area (Å²) in [5, 5.41) is 6.65. The molecule has 5 heteroatoms. The maximum absolute atomic E-state index is 11.5. The van der Waals surface area contributed by atoms with Gasteiger partial charge in [0.1, 0.15) is 5.82 Å². The molecule has 2 aliphatic rings. The number of rotatable bonds is 6. The van der Waals surface area contributed by atoms with Crippen molar-refractivity contribution in [2.75, 3.05) is 18.4 Å². The third kappa shape index (κ3) is 2.87.